The maximum absolute atomic E-state index is 12.1. The Labute approximate surface area is 143 Å². The zero-order chi connectivity index (χ0) is 18.3. The van der Waals surface area contributed by atoms with Crippen molar-refractivity contribution in [2.75, 3.05) is 26.0 Å². The van der Waals surface area contributed by atoms with Crippen LogP contribution in [0.15, 0.2) is 18.2 Å². The number of benzene rings is 1. The van der Waals surface area contributed by atoms with Crippen LogP contribution in [0.25, 0.3) is 0 Å². The summed E-state index contributed by atoms with van der Waals surface area (Å²) >= 11 is 0. The van der Waals surface area contributed by atoms with Crippen LogP contribution in [0.3, 0.4) is 0 Å². The van der Waals surface area contributed by atoms with Crippen molar-refractivity contribution in [1.82, 2.24) is 10.6 Å². The molecule has 0 atom stereocenters. The lowest BCUT2D eigenvalue weighted by Crippen LogP contribution is -2.48. The van der Waals surface area contributed by atoms with Gasteiger partial charge in [0.2, 0.25) is 0 Å². The topological polar surface area (TPSA) is 88.7 Å². The van der Waals surface area contributed by atoms with Gasteiger partial charge in [-0.15, -0.1) is 0 Å². The van der Waals surface area contributed by atoms with E-state index in [9.17, 15) is 9.59 Å². The second-order valence-corrected chi connectivity index (χ2v) is 6.31. The molecule has 0 unspecified atom stereocenters. The molecule has 0 aromatic heterocycles. The predicted octanol–water partition coefficient (Wildman–Crippen LogP) is 2.38. The van der Waals surface area contributed by atoms with Crippen LogP contribution in [-0.2, 0) is 4.74 Å². The van der Waals surface area contributed by atoms with Crippen LogP contribution >= 0.6 is 0 Å². The van der Waals surface area contributed by atoms with Crippen molar-refractivity contribution in [1.29, 1.82) is 0 Å². The Morgan fingerprint density at radius 2 is 1.92 bits per heavy atom. The molecule has 24 heavy (non-hydrogen) atoms. The van der Waals surface area contributed by atoms with Gasteiger partial charge < -0.3 is 25.4 Å². The molecule has 0 bridgehead atoms. The normalized spacial score (nSPS) is 11.1. The van der Waals surface area contributed by atoms with Crippen molar-refractivity contribution < 1.29 is 19.1 Å². The van der Waals surface area contributed by atoms with Crippen molar-refractivity contribution in [3.05, 3.63) is 23.8 Å². The highest BCUT2D eigenvalue weighted by Crippen LogP contribution is 2.27. The van der Waals surface area contributed by atoms with Gasteiger partial charge in [0.05, 0.1) is 24.5 Å². The number of likely N-dealkylation sites (N-methyl/N-ethyl adjacent to an activating group) is 1. The minimum absolute atomic E-state index is 0.0687. The number of carbonyl (C=O) groups excluding carboxylic acids is 2. The van der Waals surface area contributed by atoms with Gasteiger partial charge in [-0.1, -0.05) is 0 Å². The third-order valence-electron chi connectivity index (χ3n) is 3.38. The van der Waals surface area contributed by atoms with Gasteiger partial charge in [-0.25, -0.2) is 9.59 Å². The first-order valence-corrected chi connectivity index (χ1v) is 7.81. The quantitative estimate of drug-likeness (QED) is 0.665. The minimum atomic E-state index is -0.481. The van der Waals surface area contributed by atoms with Crippen LogP contribution in [0.5, 0.6) is 5.75 Å². The highest BCUT2D eigenvalue weighted by atomic mass is 16.5. The lowest BCUT2D eigenvalue weighted by Gasteiger charge is -2.24. The molecule has 1 aromatic carbocycles. The second kappa shape index (κ2) is 8.54. The maximum atomic E-state index is 12.1. The molecule has 0 saturated heterocycles. The number of hydrogen-bond donors (Lipinski definition) is 3. The van der Waals surface area contributed by atoms with Crippen LogP contribution in [0, 0.1) is 0 Å². The Hall–Kier alpha value is -2.28. The number of urea groups is 1. The molecular formula is C17H27N3O4. The summed E-state index contributed by atoms with van der Waals surface area (Å²) in [6, 6.07) is 4.39. The molecule has 0 heterocycles. The van der Waals surface area contributed by atoms with Gasteiger partial charge in [0.1, 0.15) is 5.75 Å². The van der Waals surface area contributed by atoms with Gasteiger partial charge in [-0.05, 0) is 52.9 Å². The van der Waals surface area contributed by atoms with E-state index in [0.717, 1.165) is 0 Å². The number of ether oxygens (including phenoxy) is 2. The summed E-state index contributed by atoms with van der Waals surface area (Å²) in [5.41, 5.74) is 0.508. The van der Waals surface area contributed by atoms with E-state index in [2.05, 4.69) is 16.0 Å². The Balaban J connectivity index is 2.92. The molecule has 7 nitrogen and oxygen atoms in total. The van der Waals surface area contributed by atoms with Crippen molar-refractivity contribution in [3.63, 3.8) is 0 Å². The molecule has 1 aromatic rings. The van der Waals surface area contributed by atoms with E-state index < -0.39 is 5.97 Å². The Morgan fingerprint density at radius 1 is 1.25 bits per heavy atom. The van der Waals surface area contributed by atoms with Crippen molar-refractivity contribution >= 4 is 17.7 Å². The van der Waals surface area contributed by atoms with E-state index in [4.69, 9.17) is 9.47 Å². The third-order valence-corrected chi connectivity index (χ3v) is 3.38. The smallest absolute Gasteiger partial charge is 0.337 e. The molecule has 0 saturated carbocycles. The van der Waals surface area contributed by atoms with Gasteiger partial charge >= 0.3 is 12.0 Å². The van der Waals surface area contributed by atoms with E-state index >= 15 is 0 Å². The first kappa shape index (κ1) is 19.8. The van der Waals surface area contributed by atoms with Gasteiger partial charge in [0, 0.05) is 12.1 Å². The number of methoxy groups -OCH3 is 1. The fourth-order valence-corrected chi connectivity index (χ4v) is 1.79. The van der Waals surface area contributed by atoms with Crippen molar-refractivity contribution in [2.24, 2.45) is 0 Å². The minimum Gasteiger partial charge on any atom is -0.489 e. The summed E-state index contributed by atoms with van der Waals surface area (Å²) in [6.07, 6.45) is -0.0687. The van der Waals surface area contributed by atoms with Crippen LogP contribution in [0.1, 0.15) is 38.1 Å². The summed E-state index contributed by atoms with van der Waals surface area (Å²) in [7, 11) is 3.13. The first-order valence-electron chi connectivity index (χ1n) is 7.81. The fraction of sp³-hybridized carbons (Fsp3) is 0.529. The van der Waals surface area contributed by atoms with Crippen LogP contribution < -0.4 is 20.7 Å². The Morgan fingerprint density at radius 3 is 2.46 bits per heavy atom. The highest BCUT2D eigenvalue weighted by molar-refractivity contribution is 5.95. The molecular weight excluding hydrogens is 310 g/mol. The zero-order valence-corrected chi connectivity index (χ0v) is 15.1. The molecule has 1 rings (SSSR count). The predicted molar refractivity (Wildman–Crippen MR) is 93.7 cm³/mol. The highest BCUT2D eigenvalue weighted by Gasteiger charge is 2.17. The van der Waals surface area contributed by atoms with Crippen LogP contribution in [-0.4, -0.2) is 44.3 Å². The number of rotatable bonds is 7. The number of amides is 2. The average Bonchev–Trinajstić information content (AvgIpc) is 2.53. The van der Waals surface area contributed by atoms with E-state index in [1.54, 1.807) is 12.1 Å². The maximum Gasteiger partial charge on any atom is 0.337 e. The van der Waals surface area contributed by atoms with Gasteiger partial charge in [-0.2, -0.15) is 0 Å². The molecule has 0 spiro atoms. The first-order chi connectivity index (χ1) is 11.2. The van der Waals surface area contributed by atoms with Gasteiger partial charge in [0.25, 0.3) is 0 Å². The van der Waals surface area contributed by atoms with E-state index in [1.807, 2.05) is 34.7 Å². The molecule has 0 aliphatic heterocycles. The zero-order valence-electron chi connectivity index (χ0n) is 15.1. The summed E-state index contributed by atoms with van der Waals surface area (Å²) < 4.78 is 10.4. The molecule has 0 fully saturated rings. The van der Waals surface area contributed by atoms with E-state index in [-0.39, 0.29) is 17.7 Å². The Bertz CT molecular complexity index is 585. The number of nitrogens with one attached hydrogen (secondary N) is 3. The molecule has 0 aliphatic rings. The lowest BCUT2D eigenvalue weighted by atomic mass is 10.1. The SMILES string of the molecule is CNC(C)(C)CNC(=O)Nc1cc(C(=O)OC)ccc1OC(C)C. The average molecular weight is 337 g/mol. The lowest BCUT2D eigenvalue weighted by molar-refractivity contribution is 0.0600. The fourth-order valence-electron chi connectivity index (χ4n) is 1.79. The second-order valence-electron chi connectivity index (χ2n) is 6.31. The Kier molecular flexibility index (Phi) is 7.03. The van der Waals surface area contributed by atoms with Gasteiger partial charge in [0.15, 0.2) is 0 Å². The standard InChI is InChI=1S/C17H27N3O4/c1-11(2)24-14-8-7-12(15(21)23-6)9-13(14)20-16(22)19-10-17(3,4)18-5/h7-9,11,18H,10H2,1-6H3,(H2,19,20,22). The molecule has 3 N–H and O–H groups in total. The molecule has 134 valence electrons. The molecule has 7 heteroatoms. The van der Waals surface area contributed by atoms with Crippen molar-refractivity contribution in [2.45, 2.75) is 39.3 Å². The number of hydrogen-bond acceptors (Lipinski definition) is 5. The molecule has 0 radical (unpaired) electrons. The van der Waals surface area contributed by atoms with Crippen LogP contribution in [0.2, 0.25) is 0 Å². The van der Waals surface area contributed by atoms with Gasteiger partial charge in [-0.3, -0.25) is 0 Å². The summed E-state index contributed by atoms with van der Waals surface area (Å²) in [5.74, 6) is 0.00607. The molecule has 0 aliphatic carbocycles. The van der Waals surface area contributed by atoms with Crippen LogP contribution in [0.4, 0.5) is 10.5 Å². The molecule has 2 amide bonds. The number of carbonyl (C=O) groups is 2. The number of esters is 1. The summed E-state index contributed by atoms with van der Waals surface area (Å²) in [4.78, 5) is 23.8. The third kappa shape index (κ3) is 6.08. The largest absolute Gasteiger partial charge is 0.489 e. The van der Waals surface area contributed by atoms with E-state index in [1.165, 1.54) is 13.2 Å². The summed E-state index contributed by atoms with van der Waals surface area (Å²) in [6.45, 7) is 8.14. The number of anilines is 1. The summed E-state index contributed by atoms with van der Waals surface area (Å²) in [5, 5.41) is 8.60. The van der Waals surface area contributed by atoms with E-state index in [0.29, 0.717) is 23.5 Å². The monoisotopic (exact) mass is 337 g/mol. The van der Waals surface area contributed by atoms with Crippen molar-refractivity contribution in [3.8, 4) is 5.75 Å².